The minimum atomic E-state index is -3.85. The lowest BCUT2D eigenvalue weighted by Crippen LogP contribution is -2.31. The van der Waals surface area contributed by atoms with Gasteiger partial charge in [0.25, 0.3) is 5.91 Å². The maximum atomic E-state index is 15.0. The third-order valence-corrected chi connectivity index (χ3v) is 6.79. The Bertz CT molecular complexity index is 1770. The molecule has 0 saturated heterocycles. The number of rotatable bonds is 6. The normalized spacial score (nSPS) is 12.4. The van der Waals surface area contributed by atoms with E-state index in [2.05, 4.69) is 10.3 Å². The van der Waals surface area contributed by atoms with E-state index in [1.54, 1.807) is 45.0 Å². The molecule has 0 fully saturated rings. The maximum Gasteiger partial charge on any atom is 0.285 e. The molecule has 4 rings (SSSR count). The molecule has 2 aromatic carbocycles. The summed E-state index contributed by atoms with van der Waals surface area (Å²) in [6, 6.07) is 10.8. The zero-order valence-electron chi connectivity index (χ0n) is 21.3. The Morgan fingerprint density at radius 2 is 1.84 bits per heavy atom. The number of nitrogens with zero attached hydrogens (tertiary/aromatic N) is 1. The molecule has 0 unspecified atom stereocenters. The van der Waals surface area contributed by atoms with Crippen molar-refractivity contribution in [2.45, 2.75) is 33.7 Å². The van der Waals surface area contributed by atoms with Crippen molar-refractivity contribution in [2.24, 2.45) is 0 Å². The predicted molar refractivity (Wildman–Crippen MR) is 146 cm³/mol. The number of nitrogens with one attached hydrogen (secondary N) is 2. The molecule has 0 saturated carbocycles. The van der Waals surface area contributed by atoms with Crippen LogP contribution in [0.1, 0.15) is 45.7 Å². The summed E-state index contributed by atoms with van der Waals surface area (Å²) in [4.78, 5) is 30.0. The average molecular weight is 558 g/mol. The van der Waals surface area contributed by atoms with Crippen LogP contribution >= 0.6 is 11.6 Å². The molecule has 8 nitrogen and oxygen atoms in total. The summed E-state index contributed by atoms with van der Waals surface area (Å²) >= 11 is 5.97. The van der Waals surface area contributed by atoms with E-state index in [0.717, 1.165) is 11.8 Å². The van der Waals surface area contributed by atoms with Gasteiger partial charge in [-0.05, 0) is 63.1 Å². The number of amides is 1. The van der Waals surface area contributed by atoms with E-state index < -0.39 is 27.8 Å². The van der Waals surface area contributed by atoms with Crippen LogP contribution in [0.25, 0.3) is 22.3 Å². The quantitative estimate of drug-likeness (QED) is 0.303. The zero-order chi connectivity index (χ0) is 27.9. The van der Waals surface area contributed by atoms with Gasteiger partial charge in [0, 0.05) is 11.1 Å². The Morgan fingerprint density at radius 3 is 2.53 bits per heavy atom. The van der Waals surface area contributed by atoms with Crippen LogP contribution in [0.3, 0.4) is 0 Å². The molecular formula is C27H25ClFN3O5S. The summed E-state index contributed by atoms with van der Waals surface area (Å²) in [6.45, 7) is 6.82. The van der Waals surface area contributed by atoms with Crippen molar-refractivity contribution in [1.82, 2.24) is 9.71 Å². The number of aryl methyl sites for hydroxylation is 2. The molecule has 0 bridgehead atoms. The fourth-order valence-corrected chi connectivity index (χ4v) is 4.80. The molecule has 1 amide bonds. The summed E-state index contributed by atoms with van der Waals surface area (Å²) < 4.78 is 46.3. The molecule has 0 radical (unpaired) electrons. The molecule has 38 heavy (non-hydrogen) atoms. The highest BCUT2D eigenvalue weighted by atomic mass is 35.5. The van der Waals surface area contributed by atoms with Gasteiger partial charge in [-0.15, -0.1) is 0 Å². The number of carbonyl (C=O) groups excluding carboxylic acids is 1. The number of hydrogen-bond donors (Lipinski definition) is 2. The minimum absolute atomic E-state index is 0.00541. The van der Waals surface area contributed by atoms with Gasteiger partial charge in [-0.3, -0.25) is 9.59 Å². The monoisotopic (exact) mass is 557 g/mol. The zero-order valence-corrected chi connectivity index (χ0v) is 22.8. The van der Waals surface area contributed by atoms with Crippen LogP contribution in [-0.4, -0.2) is 25.6 Å². The van der Waals surface area contributed by atoms with Crippen LogP contribution in [0.4, 0.5) is 10.1 Å². The van der Waals surface area contributed by atoms with Crippen LogP contribution in [-0.2, 0) is 10.0 Å². The van der Waals surface area contributed by atoms with Gasteiger partial charge in [0.05, 0.1) is 28.9 Å². The van der Waals surface area contributed by atoms with E-state index in [4.69, 9.17) is 16.0 Å². The first kappa shape index (κ1) is 27.3. The molecule has 4 aromatic rings. The molecule has 11 heteroatoms. The van der Waals surface area contributed by atoms with Crippen molar-refractivity contribution in [3.8, 4) is 11.3 Å². The number of sulfonamides is 1. The Balaban J connectivity index is 1.87. The molecule has 2 heterocycles. The largest absolute Gasteiger partial charge is 0.455 e. The van der Waals surface area contributed by atoms with E-state index >= 15 is 4.39 Å². The van der Waals surface area contributed by atoms with Crippen LogP contribution in [0.2, 0.25) is 5.15 Å². The van der Waals surface area contributed by atoms with Crippen LogP contribution < -0.4 is 15.5 Å². The van der Waals surface area contributed by atoms with Crippen molar-refractivity contribution in [3.63, 3.8) is 0 Å². The molecule has 198 valence electrons. The predicted octanol–water partition coefficient (Wildman–Crippen LogP) is 5.44. The summed E-state index contributed by atoms with van der Waals surface area (Å²) in [5, 5.41) is 3.46. The highest BCUT2D eigenvalue weighted by molar-refractivity contribution is 7.89. The molecule has 1 atom stereocenters. The second kappa shape index (κ2) is 10.2. The molecule has 0 spiro atoms. The smallest absolute Gasteiger partial charge is 0.285 e. The lowest BCUT2D eigenvalue weighted by atomic mass is 9.98. The number of carbonyl (C=O) groups is 1. The molecule has 0 aliphatic rings. The molecule has 2 aromatic heterocycles. The number of fused-ring (bicyclic) bond motifs is 1. The second-order valence-corrected chi connectivity index (χ2v) is 11.3. The van der Waals surface area contributed by atoms with E-state index in [1.165, 1.54) is 12.1 Å². The van der Waals surface area contributed by atoms with E-state index in [0.29, 0.717) is 16.5 Å². The number of hydrogen-bond acceptors (Lipinski definition) is 7. The van der Waals surface area contributed by atoms with Crippen LogP contribution in [0.5, 0.6) is 0 Å². The first-order valence-corrected chi connectivity index (χ1v) is 13.8. The van der Waals surface area contributed by atoms with Gasteiger partial charge in [0.2, 0.25) is 10.0 Å². The minimum Gasteiger partial charge on any atom is -0.455 e. The van der Waals surface area contributed by atoms with Gasteiger partial charge in [0.1, 0.15) is 22.3 Å². The van der Waals surface area contributed by atoms with E-state index in [9.17, 15) is 18.0 Å². The topological polar surface area (TPSA) is 118 Å². The Hall–Kier alpha value is -3.76. The fourth-order valence-electron chi connectivity index (χ4n) is 4.22. The van der Waals surface area contributed by atoms with Crippen molar-refractivity contribution in [2.75, 3.05) is 11.6 Å². The number of anilines is 1. The molecular weight excluding hydrogens is 533 g/mol. The number of benzene rings is 2. The second-order valence-electron chi connectivity index (χ2n) is 9.15. The van der Waals surface area contributed by atoms with Gasteiger partial charge >= 0.3 is 0 Å². The number of pyridine rings is 1. The molecule has 2 N–H and O–H groups in total. The third kappa shape index (κ3) is 5.41. The van der Waals surface area contributed by atoms with E-state index in [-0.39, 0.29) is 44.4 Å². The highest BCUT2D eigenvalue weighted by Gasteiger charge is 2.23. The van der Waals surface area contributed by atoms with Gasteiger partial charge in [0.15, 0.2) is 11.1 Å². The fraction of sp³-hybridized carbons (Fsp3) is 0.222. The maximum absolute atomic E-state index is 15.0. The number of halogens is 2. The summed E-state index contributed by atoms with van der Waals surface area (Å²) in [7, 11) is -3.85. The van der Waals surface area contributed by atoms with Crippen molar-refractivity contribution < 1.29 is 22.0 Å². The van der Waals surface area contributed by atoms with Crippen molar-refractivity contribution in [3.05, 3.63) is 91.6 Å². The number of aromatic nitrogens is 1. The Morgan fingerprint density at radius 1 is 1.13 bits per heavy atom. The molecule has 0 aliphatic carbocycles. The summed E-state index contributed by atoms with van der Waals surface area (Å²) in [6.07, 6.45) is 0.850. The first-order chi connectivity index (χ1) is 17.8. The van der Waals surface area contributed by atoms with Crippen LogP contribution in [0, 0.1) is 26.6 Å². The van der Waals surface area contributed by atoms with Gasteiger partial charge in [-0.1, -0.05) is 29.8 Å². The van der Waals surface area contributed by atoms with Gasteiger partial charge < -0.3 is 9.73 Å². The van der Waals surface area contributed by atoms with Crippen molar-refractivity contribution in [1.29, 1.82) is 0 Å². The lowest BCUT2D eigenvalue weighted by Gasteiger charge is -2.20. The molecule has 0 aliphatic heterocycles. The SMILES string of the molecule is Cc1cc([C@@H](C)Nc2ccc(Cl)nc2C(=O)NS(C)(=O)=O)c2oc(-c3cccc(C)c3F)c(C)c(=O)c2c1. The highest BCUT2D eigenvalue weighted by Crippen LogP contribution is 2.34. The third-order valence-electron chi connectivity index (χ3n) is 6.02. The summed E-state index contributed by atoms with van der Waals surface area (Å²) in [5.74, 6) is -1.31. The van der Waals surface area contributed by atoms with Gasteiger partial charge in [-0.25, -0.2) is 22.5 Å². The van der Waals surface area contributed by atoms with Gasteiger partial charge in [-0.2, -0.15) is 0 Å². The van der Waals surface area contributed by atoms with E-state index in [1.807, 2.05) is 17.7 Å². The van der Waals surface area contributed by atoms with Crippen LogP contribution in [0.15, 0.2) is 51.7 Å². The Labute approximate surface area is 223 Å². The average Bonchev–Trinajstić information content (AvgIpc) is 2.83. The standard InChI is InChI=1S/C27H25ClFN3O5S/c1-13-11-18(16(4)30-20-9-10-21(28)31-23(20)27(34)32-38(5,35)36)26-19(12-13)24(33)15(3)25(37-26)17-8-6-7-14(2)22(17)29/h6-12,16,30H,1-5H3,(H,32,34)/t16-/m1/s1. The van der Waals surface area contributed by atoms with Crippen molar-refractivity contribution >= 4 is 44.2 Å². The first-order valence-electron chi connectivity index (χ1n) is 11.6. The Kier molecular flexibility index (Phi) is 7.31. The lowest BCUT2D eigenvalue weighted by molar-refractivity contribution is 0.0977. The summed E-state index contributed by atoms with van der Waals surface area (Å²) in [5.41, 5.74) is 2.16.